The number of rotatable bonds is 8. The van der Waals surface area contributed by atoms with Crippen LogP contribution in [0.5, 0.6) is 11.5 Å². The molecule has 0 aliphatic carbocycles. The summed E-state index contributed by atoms with van der Waals surface area (Å²) in [6.07, 6.45) is 3.91. The molecule has 3 rings (SSSR count). The molecular weight excluding hydrogens is 370 g/mol. The van der Waals surface area contributed by atoms with E-state index in [0.717, 1.165) is 44.0 Å². The van der Waals surface area contributed by atoms with Crippen LogP contribution < -0.4 is 9.47 Å². The summed E-state index contributed by atoms with van der Waals surface area (Å²) >= 11 is 0. The maximum Gasteiger partial charge on any atom is 0.276 e. The SMILES string of the molecule is CCN(CC)C(=O)c1cn(C2CCCN(Cc3ccc(OC)c(OC)c3)C2)nn1. The molecule has 1 aliphatic rings. The lowest BCUT2D eigenvalue weighted by Gasteiger charge is -2.32. The lowest BCUT2D eigenvalue weighted by molar-refractivity contribution is 0.0767. The maximum absolute atomic E-state index is 12.5. The maximum atomic E-state index is 12.5. The van der Waals surface area contributed by atoms with Gasteiger partial charge in [-0.05, 0) is 50.9 Å². The van der Waals surface area contributed by atoms with E-state index in [1.54, 1.807) is 25.3 Å². The third-order valence-corrected chi connectivity index (χ3v) is 5.49. The number of aromatic nitrogens is 3. The minimum atomic E-state index is -0.0563. The predicted octanol–water partition coefficient (Wildman–Crippen LogP) is 2.61. The van der Waals surface area contributed by atoms with Gasteiger partial charge in [0.05, 0.1) is 26.5 Å². The number of ether oxygens (including phenoxy) is 2. The van der Waals surface area contributed by atoms with E-state index in [0.29, 0.717) is 18.8 Å². The zero-order valence-electron chi connectivity index (χ0n) is 17.8. The molecule has 1 unspecified atom stereocenters. The van der Waals surface area contributed by atoms with Crippen LogP contribution in [0.3, 0.4) is 0 Å². The molecule has 1 aromatic heterocycles. The van der Waals surface area contributed by atoms with E-state index < -0.39 is 0 Å². The number of methoxy groups -OCH3 is 2. The predicted molar refractivity (Wildman–Crippen MR) is 110 cm³/mol. The largest absolute Gasteiger partial charge is 0.493 e. The van der Waals surface area contributed by atoms with E-state index >= 15 is 0 Å². The Morgan fingerprint density at radius 2 is 1.97 bits per heavy atom. The summed E-state index contributed by atoms with van der Waals surface area (Å²) in [5.74, 6) is 1.43. The summed E-state index contributed by atoms with van der Waals surface area (Å²) in [5, 5.41) is 8.39. The molecule has 1 atom stereocenters. The van der Waals surface area contributed by atoms with Gasteiger partial charge in [-0.15, -0.1) is 5.10 Å². The van der Waals surface area contributed by atoms with E-state index in [4.69, 9.17) is 9.47 Å². The fourth-order valence-electron chi connectivity index (χ4n) is 3.85. The van der Waals surface area contributed by atoms with Crippen LogP contribution in [-0.2, 0) is 6.54 Å². The molecule has 1 aromatic carbocycles. The second-order valence-electron chi connectivity index (χ2n) is 7.28. The average molecular weight is 402 g/mol. The van der Waals surface area contributed by atoms with Crippen LogP contribution in [0.25, 0.3) is 0 Å². The number of amides is 1. The van der Waals surface area contributed by atoms with Gasteiger partial charge in [0.1, 0.15) is 0 Å². The van der Waals surface area contributed by atoms with Crippen molar-refractivity contribution in [1.82, 2.24) is 24.8 Å². The Morgan fingerprint density at radius 3 is 2.66 bits per heavy atom. The Kier molecular flexibility index (Phi) is 7.09. The van der Waals surface area contributed by atoms with Gasteiger partial charge in [-0.2, -0.15) is 0 Å². The molecule has 0 spiro atoms. The molecule has 0 N–H and O–H groups in total. The van der Waals surface area contributed by atoms with Gasteiger partial charge in [-0.25, -0.2) is 4.68 Å². The highest BCUT2D eigenvalue weighted by Crippen LogP contribution is 2.29. The first-order valence-electron chi connectivity index (χ1n) is 10.2. The fraction of sp³-hybridized carbons (Fsp3) is 0.571. The van der Waals surface area contributed by atoms with E-state index in [2.05, 4.69) is 21.3 Å². The molecule has 8 nitrogen and oxygen atoms in total. The Balaban J connectivity index is 1.66. The number of benzene rings is 1. The molecule has 0 bridgehead atoms. The lowest BCUT2D eigenvalue weighted by atomic mass is 10.0. The standard InChI is InChI=1S/C21H31N5O3/c1-5-25(6-2)21(27)18-15-26(23-22-18)17-8-7-11-24(14-17)13-16-9-10-19(28-3)20(12-16)29-4/h9-10,12,15,17H,5-8,11,13-14H2,1-4H3. The molecule has 29 heavy (non-hydrogen) atoms. The van der Waals surface area contributed by atoms with Crippen molar-refractivity contribution in [2.24, 2.45) is 0 Å². The molecule has 1 fully saturated rings. The van der Waals surface area contributed by atoms with Crippen molar-refractivity contribution in [3.05, 3.63) is 35.7 Å². The first-order valence-corrected chi connectivity index (χ1v) is 10.2. The zero-order valence-corrected chi connectivity index (χ0v) is 17.8. The van der Waals surface area contributed by atoms with Gasteiger partial charge in [0.15, 0.2) is 17.2 Å². The minimum Gasteiger partial charge on any atom is -0.493 e. The molecular formula is C21H31N5O3. The number of carbonyl (C=O) groups excluding carboxylic acids is 1. The number of nitrogens with zero attached hydrogens (tertiary/aromatic N) is 5. The molecule has 1 amide bonds. The Labute approximate surface area is 172 Å². The van der Waals surface area contributed by atoms with Crippen molar-refractivity contribution in [3.63, 3.8) is 0 Å². The topological polar surface area (TPSA) is 72.7 Å². The van der Waals surface area contributed by atoms with Crippen LogP contribution in [-0.4, -0.2) is 71.1 Å². The van der Waals surface area contributed by atoms with Gasteiger partial charge in [0.2, 0.25) is 0 Å². The number of piperidine rings is 1. The van der Waals surface area contributed by atoms with Gasteiger partial charge >= 0.3 is 0 Å². The van der Waals surface area contributed by atoms with Crippen LogP contribution in [0.15, 0.2) is 24.4 Å². The summed E-state index contributed by atoms with van der Waals surface area (Å²) in [6, 6.07) is 6.26. The Bertz CT molecular complexity index is 818. The average Bonchev–Trinajstić information content (AvgIpc) is 3.25. The number of hydrogen-bond donors (Lipinski definition) is 0. The van der Waals surface area contributed by atoms with E-state index in [-0.39, 0.29) is 11.9 Å². The summed E-state index contributed by atoms with van der Waals surface area (Å²) < 4.78 is 12.6. The third-order valence-electron chi connectivity index (χ3n) is 5.49. The Hall–Kier alpha value is -2.61. The van der Waals surface area contributed by atoms with Crippen molar-refractivity contribution >= 4 is 5.91 Å². The molecule has 2 heterocycles. The van der Waals surface area contributed by atoms with Gasteiger partial charge in [-0.1, -0.05) is 11.3 Å². The highest BCUT2D eigenvalue weighted by Gasteiger charge is 2.24. The van der Waals surface area contributed by atoms with Crippen molar-refractivity contribution in [2.45, 2.75) is 39.3 Å². The minimum absolute atomic E-state index is 0.0563. The van der Waals surface area contributed by atoms with Gasteiger partial charge in [0, 0.05) is 26.2 Å². The van der Waals surface area contributed by atoms with Crippen molar-refractivity contribution in [3.8, 4) is 11.5 Å². The van der Waals surface area contributed by atoms with Gasteiger partial charge < -0.3 is 14.4 Å². The second-order valence-corrected chi connectivity index (χ2v) is 7.28. The normalized spacial score (nSPS) is 17.2. The summed E-state index contributed by atoms with van der Waals surface area (Å²) in [6.45, 7) is 8.02. The molecule has 1 aliphatic heterocycles. The Morgan fingerprint density at radius 1 is 1.21 bits per heavy atom. The summed E-state index contributed by atoms with van der Waals surface area (Å²) in [5.41, 5.74) is 1.60. The number of likely N-dealkylation sites (tertiary alicyclic amines) is 1. The molecule has 0 radical (unpaired) electrons. The number of hydrogen-bond acceptors (Lipinski definition) is 6. The first kappa shape index (κ1) is 21.1. The van der Waals surface area contributed by atoms with E-state index in [1.807, 2.05) is 30.7 Å². The van der Waals surface area contributed by atoms with Crippen molar-refractivity contribution in [2.75, 3.05) is 40.4 Å². The smallest absolute Gasteiger partial charge is 0.276 e. The van der Waals surface area contributed by atoms with E-state index in [1.165, 1.54) is 5.56 Å². The first-order chi connectivity index (χ1) is 14.1. The molecule has 8 heteroatoms. The van der Waals surface area contributed by atoms with Crippen LogP contribution in [0.4, 0.5) is 0 Å². The van der Waals surface area contributed by atoms with Crippen molar-refractivity contribution in [1.29, 1.82) is 0 Å². The zero-order chi connectivity index (χ0) is 20.8. The van der Waals surface area contributed by atoms with E-state index in [9.17, 15) is 4.79 Å². The highest BCUT2D eigenvalue weighted by atomic mass is 16.5. The van der Waals surface area contributed by atoms with Crippen molar-refractivity contribution < 1.29 is 14.3 Å². The molecule has 158 valence electrons. The fourth-order valence-corrected chi connectivity index (χ4v) is 3.85. The van der Waals surface area contributed by atoms with Crippen LogP contribution in [0, 0.1) is 0 Å². The highest BCUT2D eigenvalue weighted by molar-refractivity contribution is 5.91. The quantitative estimate of drug-likeness (QED) is 0.677. The van der Waals surface area contributed by atoms with Gasteiger partial charge in [0.25, 0.3) is 5.91 Å². The summed E-state index contributed by atoms with van der Waals surface area (Å²) in [7, 11) is 3.30. The van der Waals surface area contributed by atoms with Crippen LogP contribution >= 0.6 is 0 Å². The third kappa shape index (κ3) is 4.87. The number of carbonyl (C=O) groups is 1. The van der Waals surface area contributed by atoms with Gasteiger partial charge in [-0.3, -0.25) is 9.69 Å². The second kappa shape index (κ2) is 9.73. The summed E-state index contributed by atoms with van der Waals surface area (Å²) in [4.78, 5) is 16.7. The molecule has 0 saturated carbocycles. The van der Waals surface area contributed by atoms with Crippen LogP contribution in [0.2, 0.25) is 0 Å². The molecule has 1 saturated heterocycles. The molecule has 2 aromatic rings. The monoisotopic (exact) mass is 401 g/mol. The van der Waals surface area contributed by atoms with Crippen LogP contribution in [0.1, 0.15) is 48.8 Å². The lowest BCUT2D eigenvalue weighted by Crippen LogP contribution is -2.36.